The molecular weight excluding hydrogens is 310 g/mol. The zero-order valence-corrected chi connectivity index (χ0v) is 14.4. The highest BCUT2D eigenvalue weighted by Crippen LogP contribution is 2.24. The van der Waals surface area contributed by atoms with Gasteiger partial charge in [0.1, 0.15) is 5.75 Å². The molecule has 0 radical (unpaired) electrons. The second kappa shape index (κ2) is 8.42. The average molecular weight is 332 g/mol. The summed E-state index contributed by atoms with van der Waals surface area (Å²) in [5.41, 5.74) is 1.14. The van der Waals surface area contributed by atoms with Gasteiger partial charge in [-0.05, 0) is 32.0 Å². The first kappa shape index (κ1) is 16.3. The summed E-state index contributed by atoms with van der Waals surface area (Å²) in [6.07, 6.45) is 0.180. The first-order chi connectivity index (χ1) is 9.65. The lowest BCUT2D eigenvalue weighted by Crippen LogP contribution is -2.32. The Hall–Kier alpha value is -0.0300. The van der Waals surface area contributed by atoms with Crippen molar-refractivity contribution in [2.24, 2.45) is 0 Å². The quantitative estimate of drug-likeness (QED) is 0.877. The number of benzene rings is 1. The van der Waals surface area contributed by atoms with E-state index in [4.69, 9.17) is 16.3 Å². The summed E-state index contributed by atoms with van der Waals surface area (Å²) in [6.45, 7) is 4.91. The zero-order valence-electron chi connectivity index (χ0n) is 12.0. The second-order valence-corrected chi connectivity index (χ2v) is 7.88. The molecule has 2 nitrogen and oxygen atoms in total. The van der Waals surface area contributed by atoms with Crippen LogP contribution in [0.1, 0.15) is 19.4 Å². The first-order valence-corrected chi connectivity index (χ1v) is 9.68. The molecule has 0 spiro atoms. The van der Waals surface area contributed by atoms with Crippen molar-refractivity contribution in [3.63, 3.8) is 0 Å². The van der Waals surface area contributed by atoms with Gasteiger partial charge in [0.05, 0.1) is 6.10 Å². The molecule has 1 heterocycles. The third-order valence-corrected chi connectivity index (χ3v) is 5.73. The van der Waals surface area contributed by atoms with Crippen molar-refractivity contribution in [3.05, 3.63) is 28.8 Å². The molecule has 0 aromatic heterocycles. The van der Waals surface area contributed by atoms with Gasteiger partial charge in [0, 0.05) is 46.2 Å². The number of hydrogen-bond acceptors (Lipinski definition) is 4. The van der Waals surface area contributed by atoms with Crippen LogP contribution in [0.3, 0.4) is 0 Å². The summed E-state index contributed by atoms with van der Waals surface area (Å²) >= 11 is 10.2. The highest BCUT2D eigenvalue weighted by atomic mass is 35.5. The standard InChI is InChI=1S/C15H22ClNOS2/c1-11(2)18-15-4-3-13(16)7-12(15)8-17-14-9-19-5-6-20-10-14/h3-4,7,11,14,17H,5-6,8-10H2,1-2H3. The fourth-order valence-electron chi connectivity index (χ4n) is 2.04. The molecule has 0 unspecified atom stereocenters. The Labute approximate surface area is 135 Å². The Bertz CT molecular complexity index is 420. The Kier molecular flexibility index (Phi) is 6.88. The lowest BCUT2D eigenvalue weighted by Gasteiger charge is -2.18. The van der Waals surface area contributed by atoms with E-state index in [0.29, 0.717) is 6.04 Å². The van der Waals surface area contributed by atoms with Gasteiger partial charge in [-0.1, -0.05) is 11.6 Å². The molecule has 0 aliphatic carbocycles. The van der Waals surface area contributed by atoms with E-state index in [1.807, 2.05) is 55.6 Å². The summed E-state index contributed by atoms with van der Waals surface area (Å²) in [4.78, 5) is 0. The molecule has 1 aromatic rings. The van der Waals surface area contributed by atoms with Gasteiger partial charge < -0.3 is 10.1 Å². The Morgan fingerprint density at radius 3 is 2.65 bits per heavy atom. The minimum atomic E-state index is 0.180. The van der Waals surface area contributed by atoms with Crippen molar-refractivity contribution in [1.82, 2.24) is 5.32 Å². The highest BCUT2D eigenvalue weighted by molar-refractivity contribution is 8.03. The van der Waals surface area contributed by atoms with Crippen molar-refractivity contribution in [1.29, 1.82) is 0 Å². The van der Waals surface area contributed by atoms with Gasteiger partial charge in [-0.3, -0.25) is 0 Å². The fourth-order valence-corrected chi connectivity index (χ4v) is 4.70. The van der Waals surface area contributed by atoms with Gasteiger partial charge in [0.25, 0.3) is 0 Å². The van der Waals surface area contributed by atoms with Gasteiger partial charge in [0.15, 0.2) is 0 Å². The molecule has 0 bridgehead atoms. The zero-order chi connectivity index (χ0) is 14.4. The van der Waals surface area contributed by atoms with Crippen LogP contribution in [-0.2, 0) is 6.54 Å². The van der Waals surface area contributed by atoms with E-state index in [-0.39, 0.29) is 6.10 Å². The van der Waals surface area contributed by atoms with Crippen LogP contribution in [0.2, 0.25) is 5.02 Å². The van der Waals surface area contributed by atoms with Crippen LogP contribution in [0.15, 0.2) is 18.2 Å². The predicted octanol–water partition coefficient (Wildman–Crippen LogP) is 4.07. The van der Waals surface area contributed by atoms with Crippen LogP contribution in [0, 0.1) is 0 Å². The number of hydrogen-bond donors (Lipinski definition) is 1. The number of halogens is 1. The molecule has 20 heavy (non-hydrogen) atoms. The smallest absolute Gasteiger partial charge is 0.124 e. The first-order valence-electron chi connectivity index (χ1n) is 6.99. The van der Waals surface area contributed by atoms with E-state index in [0.717, 1.165) is 22.9 Å². The molecule has 1 fully saturated rings. The van der Waals surface area contributed by atoms with Gasteiger partial charge in [-0.25, -0.2) is 0 Å². The van der Waals surface area contributed by atoms with Gasteiger partial charge in [-0.2, -0.15) is 23.5 Å². The van der Waals surface area contributed by atoms with Crippen LogP contribution in [0.4, 0.5) is 0 Å². The summed E-state index contributed by atoms with van der Waals surface area (Å²) in [5, 5.41) is 4.40. The van der Waals surface area contributed by atoms with E-state index in [1.54, 1.807) is 0 Å². The van der Waals surface area contributed by atoms with E-state index in [9.17, 15) is 0 Å². The topological polar surface area (TPSA) is 21.3 Å². The molecular formula is C15H22ClNOS2. The van der Waals surface area contributed by atoms with Gasteiger partial charge >= 0.3 is 0 Å². The lowest BCUT2D eigenvalue weighted by molar-refractivity contribution is 0.239. The highest BCUT2D eigenvalue weighted by Gasteiger charge is 2.14. The molecule has 1 aromatic carbocycles. The van der Waals surface area contributed by atoms with Crippen LogP contribution in [-0.4, -0.2) is 35.2 Å². The maximum absolute atomic E-state index is 6.11. The molecule has 0 saturated carbocycles. The monoisotopic (exact) mass is 331 g/mol. The molecule has 1 aliphatic heterocycles. The number of ether oxygens (including phenoxy) is 1. The SMILES string of the molecule is CC(C)Oc1ccc(Cl)cc1CNC1CSCCSC1. The van der Waals surface area contributed by atoms with Gasteiger partial charge in [0.2, 0.25) is 0 Å². The Balaban J connectivity index is 1.97. The maximum Gasteiger partial charge on any atom is 0.124 e. The number of thioether (sulfide) groups is 2. The van der Waals surface area contributed by atoms with Crippen LogP contribution in [0.5, 0.6) is 5.75 Å². The molecule has 1 aliphatic rings. The number of rotatable bonds is 5. The molecule has 0 atom stereocenters. The van der Waals surface area contributed by atoms with Crippen LogP contribution in [0.25, 0.3) is 0 Å². The molecule has 5 heteroatoms. The normalized spacial score (nSPS) is 17.2. The summed E-state index contributed by atoms with van der Waals surface area (Å²) in [5.74, 6) is 5.84. The van der Waals surface area contributed by atoms with Crippen molar-refractivity contribution in [3.8, 4) is 5.75 Å². The number of nitrogens with one attached hydrogen (secondary N) is 1. The Morgan fingerprint density at radius 1 is 1.30 bits per heavy atom. The van der Waals surface area contributed by atoms with Gasteiger partial charge in [-0.15, -0.1) is 0 Å². The molecule has 2 rings (SSSR count). The molecule has 1 N–H and O–H groups in total. The second-order valence-electron chi connectivity index (χ2n) is 5.15. The van der Waals surface area contributed by atoms with Crippen LogP contribution >= 0.6 is 35.1 Å². The predicted molar refractivity (Wildman–Crippen MR) is 92.5 cm³/mol. The van der Waals surface area contributed by atoms with Crippen molar-refractivity contribution in [2.45, 2.75) is 32.5 Å². The van der Waals surface area contributed by atoms with E-state index in [2.05, 4.69) is 5.32 Å². The Morgan fingerprint density at radius 2 is 2.00 bits per heavy atom. The summed E-state index contributed by atoms with van der Waals surface area (Å²) in [7, 11) is 0. The van der Waals surface area contributed by atoms with E-state index in [1.165, 1.54) is 23.0 Å². The maximum atomic E-state index is 6.11. The molecule has 0 amide bonds. The van der Waals surface area contributed by atoms with Crippen molar-refractivity contribution in [2.75, 3.05) is 23.0 Å². The fraction of sp³-hybridized carbons (Fsp3) is 0.600. The lowest BCUT2D eigenvalue weighted by atomic mass is 10.2. The minimum absolute atomic E-state index is 0.180. The van der Waals surface area contributed by atoms with E-state index < -0.39 is 0 Å². The summed E-state index contributed by atoms with van der Waals surface area (Å²) in [6, 6.07) is 6.43. The molecule has 1 saturated heterocycles. The van der Waals surface area contributed by atoms with Crippen molar-refractivity contribution < 1.29 is 4.74 Å². The van der Waals surface area contributed by atoms with Crippen molar-refractivity contribution >= 4 is 35.1 Å². The summed E-state index contributed by atoms with van der Waals surface area (Å²) < 4.78 is 5.86. The minimum Gasteiger partial charge on any atom is -0.491 e. The van der Waals surface area contributed by atoms with E-state index >= 15 is 0 Å². The molecule has 112 valence electrons. The average Bonchev–Trinajstić information content (AvgIpc) is 2.67. The third kappa shape index (κ3) is 5.40. The largest absolute Gasteiger partial charge is 0.491 e. The van der Waals surface area contributed by atoms with Crippen LogP contribution < -0.4 is 10.1 Å². The third-order valence-electron chi connectivity index (χ3n) is 2.98.